The molecule has 1 unspecified atom stereocenters. The van der Waals surface area contributed by atoms with Crippen LogP contribution in [0.15, 0.2) is 36.4 Å². The molecule has 28 heavy (non-hydrogen) atoms. The zero-order valence-electron chi connectivity index (χ0n) is 16.4. The van der Waals surface area contributed by atoms with E-state index in [0.29, 0.717) is 12.8 Å². The highest BCUT2D eigenvalue weighted by molar-refractivity contribution is 7.46. The van der Waals surface area contributed by atoms with E-state index in [0.717, 1.165) is 29.0 Å². The first-order valence-electron chi connectivity index (χ1n) is 9.31. The number of rotatable bonds is 9. The summed E-state index contributed by atoms with van der Waals surface area (Å²) in [4.78, 5) is 19.7. The first-order valence-corrected chi connectivity index (χ1v) is 11.7. The van der Waals surface area contributed by atoms with E-state index in [4.69, 9.17) is 15.5 Å². The van der Waals surface area contributed by atoms with Gasteiger partial charge in [-0.3, -0.25) is 4.52 Å². The predicted octanol–water partition coefficient (Wildman–Crippen LogP) is 4.05. The van der Waals surface area contributed by atoms with Crippen molar-refractivity contribution in [2.75, 3.05) is 6.61 Å². The topological polar surface area (TPSA) is 92.8 Å². The molecule has 2 aromatic rings. The fraction of sp³-hybridized carbons (Fsp3) is 0.429. The van der Waals surface area contributed by atoms with Crippen LogP contribution in [-0.4, -0.2) is 21.9 Å². The first-order chi connectivity index (χ1) is 13.2. The van der Waals surface area contributed by atoms with Crippen molar-refractivity contribution in [1.82, 2.24) is 0 Å². The van der Waals surface area contributed by atoms with Crippen LogP contribution in [0, 0.1) is 11.8 Å². The number of phosphoric acid groups is 1. The van der Waals surface area contributed by atoms with E-state index in [1.165, 1.54) is 11.1 Å². The van der Waals surface area contributed by atoms with Crippen LogP contribution in [-0.2, 0) is 28.4 Å². The summed E-state index contributed by atoms with van der Waals surface area (Å²) < 4.78 is 15.3. The molecule has 0 fully saturated rings. The number of benzene rings is 1. The van der Waals surface area contributed by atoms with Crippen LogP contribution >= 0.6 is 19.2 Å². The van der Waals surface area contributed by atoms with Gasteiger partial charge in [-0.15, -0.1) is 11.3 Å². The average molecular weight is 421 g/mol. The van der Waals surface area contributed by atoms with Gasteiger partial charge in [-0.2, -0.15) is 0 Å². The smallest absolute Gasteiger partial charge is 0.323 e. The summed E-state index contributed by atoms with van der Waals surface area (Å²) in [6.07, 6.45) is 4.10. The van der Waals surface area contributed by atoms with E-state index in [-0.39, 0.29) is 6.61 Å². The van der Waals surface area contributed by atoms with Crippen molar-refractivity contribution in [3.05, 3.63) is 57.3 Å². The Hall–Kier alpha value is -1.45. The van der Waals surface area contributed by atoms with Crippen molar-refractivity contribution in [1.29, 1.82) is 0 Å². The molecule has 7 heteroatoms. The third-order valence-corrected chi connectivity index (χ3v) is 5.87. The fourth-order valence-electron chi connectivity index (χ4n) is 2.59. The maximum absolute atomic E-state index is 10.8. The van der Waals surface area contributed by atoms with Crippen molar-refractivity contribution in [2.45, 2.75) is 51.5 Å². The molecule has 0 aliphatic carbocycles. The first kappa shape index (κ1) is 22.8. The molecule has 5 nitrogen and oxygen atoms in total. The highest BCUT2D eigenvalue weighted by Gasteiger charge is 2.24. The van der Waals surface area contributed by atoms with Gasteiger partial charge in [-0.05, 0) is 55.9 Å². The van der Waals surface area contributed by atoms with E-state index in [2.05, 4.69) is 47.6 Å². The van der Waals surface area contributed by atoms with Crippen LogP contribution in [0.3, 0.4) is 0 Å². The van der Waals surface area contributed by atoms with E-state index in [9.17, 15) is 4.57 Å². The molecule has 0 amide bonds. The molecule has 0 saturated carbocycles. The molecule has 1 aromatic heterocycles. The van der Waals surface area contributed by atoms with Crippen LogP contribution in [0.1, 0.15) is 47.6 Å². The van der Waals surface area contributed by atoms with Crippen LogP contribution in [0.2, 0.25) is 0 Å². The molecule has 0 spiro atoms. The Labute approximate surface area is 171 Å². The minimum Gasteiger partial charge on any atom is -0.323 e. The molecule has 0 saturated heterocycles. The van der Waals surface area contributed by atoms with Crippen LogP contribution in [0.25, 0.3) is 0 Å². The fourth-order valence-corrected chi connectivity index (χ4v) is 3.94. The Kier molecular flexibility index (Phi) is 8.45. The molecule has 0 radical (unpaired) electrons. The Morgan fingerprint density at radius 2 is 1.82 bits per heavy atom. The Balaban J connectivity index is 1.79. The molecular weight excluding hydrogens is 393 g/mol. The van der Waals surface area contributed by atoms with Crippen LogP contribution < -0.4 is 5.73 Å². The summed E-state index contributed by atoms with van der Waals surface area (Å²) >= 11 is 1.62. The summed E-state index contributed by atoms with van der Waals surface area (Å²) in [5.74, 6) is 6.44. The number of phosphoric ester groups is 1. The summed E-state index contributed by atoms with van der Waals surface area (Å²) in [5.41, 5.74) is 7.91. The van der Waals surface area contributed by atoms with Crippen molar-refractivity contribution in [2.24, 2.45) is 5.73 Å². The minimum atomic E-state index is -4.49. The number of hydrogen-bond acceptors (Lipinski definition) is 4. The van der Waals surface area contributed by atoms with Gasteiger partial charge in [-0.25, -0.2) is 4.57 Å². The highest BCUT2D eigenvalue weighted by Crippen LogP contribution is 2.37. The summed E-state index contributed by atoms with van der Waals surface area (Å²) in [5, 5.41) is 0. The highest BCUT2D eigenvalue weighted by atomic mass is 32.1. The van der Waals surface area contributed by atoms with Crippen LogP contribution in [0.4, 0.5) is 0 Å². The molecule has 4 N–H and O–H groups in total. The SMILES string of the molecule is CCc1ccc(CCC#Cc2ccc(CCC(C)(N)COP(=O)(O)O)s2)cc1. The van der Waals surface area contributed by atoms with Gasteiger partial charge in [0.2, 0.25) is 0 Å². The molecule has 1 heterocycles. The molecule has 0 bridgehead atoms. The quantitative estimate of drug-likeness (QED) is 0.420. The number of thiophene rings is 1. The van der Waals surface area contributed by atoms with Crippen molar-refractivity contribution in [3.8, 4) is 11.8 Å². The zero-order valence-corrected chi connectivity index (χ0v) is 18.1. The largest absolute Gasteiger partial charge is 0.469 e. The number of hydrogen-bond donors (Lipinski definition) is 3. The second-order valence-corrected chi connectivity index (χ2v) is 9.56. The zero-order chi connectivity index (χ0) is 20.6. The third-order valence-electron chi connectivity index (χ3n) is 4.35. The second-order valence-electron chi connectivity index (χ2n) is 7.16. The summed E-state index contributed by atoms with van der Waals surface area (Å²) in [6, 6.07) is 12.7. The third kappa shape index (κ3) is 8.70. The van der Waals surface area contributed by atoms with Gasteiger partial charge in [0.1, 0.15) is 0 Å². The van der Waals surface area contributed by atoms with Crippen molar-refractivity contribution < 1.29 is 18.9 Å². The lowest BCUT2D eigenvalue weighted by Gasteiger charge is -2.24. The van der Waals surface area contributed by atoms with Gasteiger partial charge >= 0.3 is 7.82 Å². The Bertz CT molecular complexity index is 859. The maximum atomic E-state index is 10.8. The molecule has 152 valence electrons. The average Bonchev–Trinajstić information content (AvgIpc) is 3.10. The van der Waals surface area contributed by atoms with Crippen LogP contribution in [0.5, 0.6) is 0 Å². The predicted molar refractivity (Wildman–Crippen MR) is 114 cm³/mol. The van der Waals surface area contributed by atoms with E-state index in [1.807, 2.05) is 12.1 Å². The van der Waals surface area contributed by atoms with Crippen molar-refractivity contribution in [3.63, 3.8) is 0 Å². The second kappa shape index (κ2) is 10.4. The molecule has 2 rings (SSSR count). The standard InChI is InChI=1S/C21H28NO4PS/c1-3-17-8-10-18(11-9-17)6-4-5-7-19-12-13-20(28-19)14-15-21(2,22)16-26-27(23,24)25/h8-13H,3-4,6,14-16,22H2,1-2H3,(H2,23,24,25). The van der Waals surface area contributed by atoms with Gasteiger partial charge in [0.25, 0.3) is 0 Å². The molecule has 1 aromatic carbocycles. The molecule has 0 aliphatic heterocycles. The van der Waals surface area contributed by atoms with Gasteiger partial charge in [-0.1, -0.05) is 43.0 Å². The van der Waals surface area contributed by atoms with Gasteiger partial charge in [0, 0.05) is 16.8 Å². The Morgan fingerprint density at radius 1 is 1.14 bits per heavy atom. The number of aryl methyl sites for hydroxylation is 3. The number of nitrogens with two attached hydrogens (primary N) is 1. The molecule has 1 atom stereocenters. The normalized spacial score (nSPS) is 13.6. The van der Waals surface area contributed by atoms with Gasteiger partial charge in [0.05, 0.1) is 11.5 Å². The molecular formula is C21H28NO4PS. The maximum Gasteiger partial charge on any atom is 0.469 e. The van der Waals surface area contributed by atoms with Gasteiger partial charge < -0.3 is 15.5 Å². The summed E-state index contributed by atoms with van der Waals surface area (Å²) in [7, 11) is -4.49. The van der Waals surface area contributed by atoms with Gasteiger partial charge in [0.15, 0.2) is 0 Å². The molecule has 0 aliphatic rings. The van der Waals surface area contributed by atoms with E-state index in [1.54, 1.807) is 18.3 Å². The lowest BCUT2D eigenvalue weighted by molar-refractivity contribution is 0.154. The van der Waals surface area contributed by atoms with E-state index < -0.39 is 13.4 Å². The van der Waals surface area contributed by atoms with E-state index >= 15 is 0 Å². The lowest BCUT2D eigenvalue weighted by Crippen LogP contribution is -2.41. The lowest BCUT2D eigenvalue weighted by atomic mass is 9.98. The van der Waals surface area contributed by atoms with Crippen molar-refractivity contribution >= 4 is 19.2 Å². The summed E-state index contributed by atoms with van der Waals surface area (Å²) in [6.45, 7) is 3.69. The monoisotopic (exact) mass is 421 g/mol. The Morgan fingerprint density at radius 3 is 2.46 bits per heavy atom. The minimum absolute atomic E-state index is 0.186.